The SMILES string of the molecule is N#Cc1c(F)cccc1NS(=O)(=O)c1cncc(Br)c1. The minimum Gasteiger partial charge on any atom is -0.278 e. The van der Waals surface area contributed by atoms with Crippen molar-refractivity contribution in [1.29, 1.82) is 5.26 Å². The number of rotatable bonds is 3. The van der Waals surface area contributed by atoms with Crippen molar-refractivity contribution in [2.75, 3.05) is 4.72 Å². The molecule has 0 aliphatic carbocycles. The Morgan fingerprint density at radius 3 is 2.75 bits per heavy atom. The fraction of sp³-hybridized carbons (Fsp3) is 0. The number of halogens is 2. The lowest BCUT2D eigenvalue weighted by Crippen LogP contribution is -2.14. The van der Waals surface area contributed by atoms with Crippen molar-refractivity contribution >= 4 is 31.6 Å². The maximum absolute atomic E-state index is 13.4. The third-order valence-corrected chi connectivity index (χ3v) is 4.13. The van der Waals surface area contributed by atoms with Crippen LogP contribution < -0.4 is 4.72 Å². The van der Waals surface area contributed by atoms with Gasteiger partial charge in [-0.05, 0) is 34.1 Å². The predicted molar refractivity (Wildman–Crippen MR) is 73.9 cm³/mol. The highest BCUT2D eigenvalue weighted by Crippen LogP contribution is 2.22. The van der Waals surface area contributed by atoms with Gasteiger partial charge in [0.1, 0.15) is 22.3 Å². The molecule has 0 fully saturated rings. The van der Waals surface area contributed by atoms with Crippen molar-refractivity contribution in [1.82, 2.24) is 4.98 Å². The predicted octanol–water partition coefficient (Wildman–Crippen LogP) is 2.66. The molecule has 0 atom stereocenters. The lowest BCUT2D eigenvalue weighted by Gasteiger charge is -2.09. The molecule has 8 heteroatoms. The molecular formula is C12H7BrFN3O2S. The van der Waals surface area contributed by atoms with E-state index in [4.69, 9.17) is 5.26 Å². The number of hydrogen-bond donors (Lipinski definition) is 1. The van der Waals surface area contributed by atoms with Crippen LogP contribution in [0.1, 0.15) is 5.56 Å². The van der Waals surface area contributed by atoms with Crippen LogP contribution in [-0.4, -0.2) is 13.4 Å². The molecule has 0 amide bonds. The molecule has 2 aromatic rings. The van der Waals surface area contributed by atoms with Crippen LogP contribution in [0.5, 0.6) is 0 Å². The van der Waals surface area contributed by atoms with E-state index in [9.17, 15) is 12.8 Å². The van der Waals surface area contributed by atoms with E-state index in [2.05, 4.69) is 25.6 Å². The second-order valence-corrected chi connectivity index (χ2v) is 6.32. The number of hydrogen-bond acceptors (Lipinski definition) is 4. The molecule has 1 heterocycles. The summed E-state index contributed by atoms with van der Waals surface area (Å²) < 4.78 is 40.3. The van der Waals surface area contributed by atoms with Gasteiger partial charge in [0.2, 0.25) is 0 Å². The monoisotopic (exact) mass is 355 g/mol. The van der Waals surface area contributed by atoms with Gasteiger partial charge in [0.25, 0.3) is 10.0 Å². The quantitative estimate of drug-likeness (QED) is 0.917. The highest BCUT2D eigenvalue weighted by molar-refractivity contribution is 9.10. The van der Waals surface area contributed by atoms with Crippen LogP contribution in [0, 0.1) is 17.1 Å². The maximum atomic E-state index is 13.4. The van der Waals surface area contributed by atoms with Gasteiger partial charge >= 0.3 is 0 Å². The smallest absolute Gasteiger partial charge is 0.263 e. The molecule has 20 heavy (non-hydrogen) atoms. The first-order valence-electron chi connectivity index (χ1n) is 5.26. The van der Waals surface area contributed by atoms with Gasteiger partial charge in [0.05, 0.1) is 5.69 Å². The van der Waals surface area contributed by atoms with Gasteiger partial charge in [-0.3, -0.25) is 9.71 Å². The normalized spacial score (nSPS) is 10.8. The standard InChI is InChI=1S/C12H7BrFN3O2S/c13-8-4-9(7-16-6-8)20(18,19)17-12-3-1-2-11(14)10(12)5-15/h1-4,6-7,17H. The van der Waals surface area contributed by atoms with Gasteiger partial charge in [-0.15, -0.1) is 0 Å². The number of nitrogens with zero attached hydrogens (tertiary/aromatic N) is 2. The Morgan fingerprint density at radius 1 is 1.35 bits per heavy atom. The summed E-state index contributed by atoms with van der Waals surface area (Å²) in [6.45, 7) is 0. The zero-order valence-corrected chi connectivity index (χ0v) is 12.2. The van der Waals surface area contributed by atoms with E-state index in [0.717, 1.165) is 12.3 Å². The van der Waals surface area contributed by atoms with Gasteiger partial charge in [0.15, 0.2) is 0 Å². The number of anilines is 1. The van der Waals surface area contributed by atoms with Gasteiger partial charge < -0.3 is 0 Å². The fourth-order valence-electron chi connectivity index (χ4n) is 1.47. The summed E-state index contributed by atoms with van der Waals surface area (Å²) in [6, 6.07) is 6.67. The molecule has 0 unspecified atom stereocenters. The molecule has 1 aromatic carbocycles. The number of nitrogens with one attached hydrogen (secondary N) is 1. The van der Waals surface area contributed by atoms with E-state index in [-0.39, 0.29) is 16.1 Å². The summed E-state index contributed by atoms with van der Waals surface area (Å²) in [7, 11) is -3.95. The van der Waals surface area contributed by atoms with Crippen molar-refractivity contribution in [3.05, 3.63) is 52.5 Å². The molecule has 0 spiro atoms. The first-order valence-corrected chi connectivity index (χ1v) is 7.53. The Kier molecular flexibility index (Phi) is 4.01. The van der Waals surface area contributed by atoms with Crippen LogP contribution in [0.2, 0.25) is 0 Å². The van der Waals surface area contributed by atoms with Crippen molar-refractivity contribution < 1.29 is 12.8 Å². The Hall–Kier alpha value is -1.98. The number of sulfonamides is 1. The average molecular weight is 356 g/mol. The number of aromatic nitrogens is 1. The van der Waals surface area contributed by atoms with E-state index in [1.807, 2.05) is 0 Å². The number of pyridine rings is 1. The molecule has 0 aliphatic heterocycles. The molecule has 1 N–H and O–H groups in total. The summed E-state index contributed by atoms with van der Waals surface area (Å²) in [6.07, 6.45) is 2.58. The Labute approximate surface area is 123 Å². The van der Waals surface area contributed by atoms with E-state index in [1.54, 1.807) is 6.07 Å². The zero-order chi connectivity index (χ0) is 14.8. The molecular weight excluding hydrogens is 349 g/mol. The lowest BCUT2D eigenvalue weighted by molar-refractivity contribution is 0.600. The molecule has 0 aliphatic rings. The Balaban J connectivity index is 2.45. The highest BCUT2D eigenvalue weighted by atomic mass is 79.9. The van der Waals surface area contributed by atoms with Crippen LogP contribution in [0.15, 0.2) is 46.0 Å². The molecule has 5 nitrogen and oxygen atoms in total. The van der Waals surface area contributed by atoms with Crippen molar-refractivity contribution in [3.8, 4) is 6.07 Å². The third kappa shape index (κ3) is 2.95. The lowest BCUT2D eigenvalue weighted by atomic mass is 10.2. The zero-order valence-electron chi connectivity index (χ0n) is 9.84. The Morgan fingerprint density at radius 2 is 2.10 bits per heavy atom. The molecule has 0 saturated heterocycles. The van der Waals surface area contributed by atoms with Crippen LogP contribution >= 0.6 is 15.9 Å². The molecule has 0 saturated carbocycles. The van der Waals surface area contributed by atoms with E-state index in [1.165, 1.54) is 24.4 Å². The van der Waals surface area contributed by atoms with Crippen molar-refractivity contribution in [2.24, 2.45) is 0 Å². The summed E-state index contributed by atoms with van der Waals surface area (Å²) >= 11 is 3.11. The number of benzene rings is 1. The van der Waals surface area contributed by atoms with Crippen molar-refractivity contribution in [2.45, 2.75) is 4.90 Å². The third-order valence-electron chi connectivity index (χ3n) is 2.36. The average Bonchev–Trinajstić information content (AvgIpc) is 2.38. The second-order valence-electron chi connectivity index (χ2n) is 3.72. The van der Waals surface area contributed by atoms with Crippen LogP contribution in [0.4, 0.5) is 10.1 Å². The fourth-order valence-corrected chi connectivity index (χ4v) is 3.04. The van der Waals surface area contributed by atoms with Crippen molar-refractivity contribution in [3.63, 3.8) is 0 Å². The molecule has 0 bridgehead atoms. The minimum atomic E-state index is -3.95. The molecule has 0 radical (unpaired) electrons. The summed E-state index contributed by atoms with van der Waals surface area (Å²) in [4.78, 5) is 3.65. The maximum Gasteiger partial charge on any atom is 0.263 e. The highest BCUT2D eigenvalue weighted by Gasteiger charge is 2.18. The topological polar surface area (TPSA) is 82.9 Å². The van der Waals surface area contributed by atoms with E-state index < -0.39 is 15.8 Å². The first kappa shape index (κ1) is 14.4. The van der Waals surface area contributed by atoms with E-state index >= 15 is 0 Å². The van der Waals surface area contributed by atoms with Crippen LogP contribution in [0.3, 0.4) is 0 Å². The van der Waals surface area contributed by atoms with Gasteiger partial charge in [-0.1, -0.05) is 6.07 Å². The summed E-state index contributed by atoms with van der Waals surface area (Å²) in [5, 5.41) is 8.87. The Bertz CT molecular complexity index is 803. The van der Waals surface area contributed by atoms with Gasteiger partial charge in [-0.2, -0.15) is 5.26 Å². The van der Waals surface area contributed by atoms with Gasteiger partial charge in [-0.25, -0.2) is 12.8 Å². The largest absolute Gasteiger partial charge is 0.278 e. The summed E-state index contributed by atoms with van der Waals surface area (Å²) in [5.41, 5.74) is -0.480. The van der Waals surface area contributed by atoms with E-state index in [0.29, 0.717) is 4.47 Å². The molecule has 1 aromatic heterocycles. The van der Waals surface area contributed by atoms with Crippen LogP contribution in [0.25, 0.3) is 0 Å². The number of nitriles is 1. The first-order chi connectivity index (χ1) is 9.44. The molecule has 102 valence electrons. The van der Waals surface area contributed by atoms with Gasteiger partial charge in [0, 0.05) is 16.9 Å². The summed E-state index contributed by atoms with van der Waals surface area (Å²) in [5.74, 6) is -0.792. The second kappa shape index (κ2) is 5.56. The molecule has 2 rings (SSSR count). The minimum absolute atomic E-state index is 0.0972. The van der Waals surface area contributed by atoms with Crippen LogP contribution in [-0.2, 0) is 10.0 Å².